The van der Waals surface area contributed by atoms with Crippen LogP contribution in [0.2, 0.25) is 0 Å². The highest BCUT2D eigenvalue weighted by molar-refractivity contribution is 5.53. The van der Waals surface area contributed by atoms with Crippen LogP contribution in [-0.2, 0) is 0 Å². The lowest BCUT2D eigenvalue weighted by Gasteiger charge is -2.46. The number of nitrogen functional groups attached to an aromatic ring is 1. The first-order valence-electron chi connectivity index (χ1n) is 11.4. The van der Waals surface area contributed by atoms with E-state index in [1.54, 1.807) is 36.6 Å². The van der Waals surface area contributed by atoms with Crippen LogP contribution in [0.15, 0.2) is 47.1 Å². The molecule has 11 heteroatoms. The summed E-state index contributed by atoms with van der Waals surface area (Å²) < 4.78 is 26.4. The van der Waals surface area contributed by atoms with E-state index in [0.29, 0.717) is 47.6 Å². The summed E-state index contributed by atoms with van der Waals surface area (Å²) in [5, 5.41) is 4.36. The molecule has 2 atom stereocenters. The van der Waals surface area contributed by atoms with Gasteiger partial charge in [0.2, 0.25) is 17.7 Å². The van der Waals surface area contributed by atoms with Gasteiger partial charge in [0.15, 0.2) is 17.3 Å². The molecule has 4 aromatic rings. The van der Waals surface area contributed by atoms with Crippen molar-refractivity contribution in [1.82, 2.24) is 29.5 Å². The average molecular weight is 465 g/mol. The van der Waals surface area contributed by atoms with Crippen LogP contribution in [0, 0.1) is 11.7 Å². The zero-order chi connectivity index (χ0) is 23.1. The van der Waals surface area contributed by atoms with Gasteiger partial charge in [0.25, 0.3) is 5.78 Å². The molecular formula is C23H25FN8O2. The summed E-state index contributed by atoms with van der Waals surface area (Å²) in [5.41, 5.74) is 6.17. The third-order valence-corrected chi connectivity index (χ3v) is 6.56. The second kappa shape index (κ2) is 8.56. The fourth-order valence-corrected chi connectivity index (χ4v) is 4.79. The van der Waals surface area contributed by atoms with Crippen molar-refractivity contribution in [2.24, 2.45) is 5.92 Å². The van der Waals surface area contributed by atoms with Crippen LogP contribution in [0.4, 0.5) is 16.3 Å². The molecule has 2 fully saturated rings. The molecule has 2 saturated heterocycles. The molecule has 0 radical (unpaired) electrons. The number of piperidine rings is 1. The molecule has 1 aromatic carbocycles. The molecule has 0 bridgehead atoms. The quantitative estimate of drug-likeness (QED) is 0.476. The van der Waals surface area contributed by atoms with E-state index in [1.165, 1.54) is 10.6 Å². The Morgan fingerprint density at radius 1 is 1.06 bits per heavy atom. The lowest BCUT2D eigenvalue weighted by molar-refractivity contribution is 0.0717. The number of piperazine rings is 1. The first kappa shape index (κ1) is 20.8. The number of hydrogen-bond acceptors (Lipinski definition) is 9. The number of benzene rings is 1. The number of furan rings is 1. The van der Waals surface area contributed by atoms with Gasteiger partial charge in [0.05, 0.1) is 12.9 Å². The first-order chi connectivity index (χ1) is 16.6. The van der Waals surface area contributed by atoms with E-state index < -0.39 is 0 Å². The second-order valence-corrected chi connectivity index (χ2v) is 8.79. The smallest absolute Gasteiger partial charge is 0.259 e. The fourth-order valence-electron chi connectivity index (χ4n) is 4.79. The van der Waals surface area contributed by atoms with Crippen LogP contribution in [0.3, 0.4) is 0 Å². The highest BCUT2D eigenvalue weighted by Crippen LogP contribution is 2.28. The molecule has 2 aliphatic heterocycles. The number of nitrogens with zero attached hydrogens (tertiary/aromatic N) is 7. The van der Waals surface area contributed by atoms with E-state index in [2.05, 4.69) is 29.9 Å². The van der Waals surface area contributed by atoms with Gasteiger partial charge in [-0.3, -0.25) is 4.90 Å². The summed E-state index contributed by atoms with van der Waals surface area (Å²) in [6.07, 6.45) is 3.64. The zero-order valence-electron chi connectivity index (χ0n) is 18.5. The molecule has 2 N–H and O–H groups in total. The van der Waals surface area contributed by atoms with Gasteiger partial charge in [0.1, 0.15) is 0 Å². The van der Waals surface area contributed by atoms with E-state index in [-0.39, 0.29) is 11.8 Å². The molecule has 10 nitrogen and oxygen atoms in total. The van der Waals surface area contributed by atoms with Gasteiger partial charge in [-0.05, 0) is 37.1 Å². The fraction of sp³-hybridized carbons (Fsp3) is 0.391. The van der Waals surface area contributed by atoms with Gasteiger partial charge in [0, 0.05) is 38.1 Å². The number of halogens is 1. The lowest BCUT2D eigenvalue weighted by Crippen LogP contribution is -2.57. The van der Waals surface area contributed by atoms with E-state index in [0.717, 1.165) is 39.0 Å². The number of fused-ring (bicyclic) bond motifs is 2. The highest BCUT2D eigenvalue weighted by atomic mass is 19.1. The number of hydrogen-bond donors (Lipinski definition) is 1. The van der Waals surface area contributed by atoms with Crippen molar-refractivity contribution in [2.45, 2.75) is 18.9 Å². The van der Waals surface area contributed by atoms with Crippen LogP contribution in [-0.4, -0.2) is 68.3 Å². The van der Waals surface area contributed by atoms with Gasteiger partial charge >= 0.3 is 0 Å². The number of ether oxygens (including phenoxy) is 1. The standard InChI is InChI=1S/C23H25FN8O2/c24-17-4-1-2-5-18(17)34-14-15-7-8-16-13-31(10-9-30(16)12-15)22-27-21(25)32-23(28-22)26-20(29-32)19-6-3-11-33-19/h1-6,11,15-16H,7-10,12-14H2,(H2,25,26,27,28,29)/t15-,16-/m0/s1. The van der Waals surface area contributed by atoms with E-state index in [4.69, 9.17) is 14.9 Å². The van der Waals surface area contributed by atoms with Crippen molar-refractivity contribution < 1.29 is 13.5 Å². The Hall–Kier alpha value is -3.73. The molecule has 0 saturated carbocycles. The van der Waals surface area contributed by atoms with Crippen LogP contribution >= 0.6 is 0 Å². The van der Waals surface area contributed by atoms with E-state index in [1.807, 2.05) is 0 Å². The summed E-state index contributed by atoms with van der Waals surface area (Å²) in [5.74, 6) is 2.55. The van der Waals surface area contributed by atoms with E-state index in [9.17, 15) is 4.39 Å². The molecule has 34 heavy (non-hydrogen) atoms. The SMILES string of the molecule is Nc1nc(N2CCN3C[C@@H](COc4ccccc4F)CC[C@H]3C2)nc2nc(-c3ccco3)nn12. The van der Waals surface area contributed by atoms with E-state index >= 15 is 0 Å². The van der Waals surface area contributed by atoms with Crippen LogP contribution in [0.1, 0.15) is 12.8 Å². The molecule has 2 aliphatic rings. The number of anilines is 2. The minimum atomic E-state index is -0.315. The Morgan fingerprint density at radius 2 is 1.97 bits per heavy atom. The summed E-state index contributed by atoms with van der Waals surface area (Å²) >= 11 is 0. The third kappa shape index (κ3) is 3.92. The van der Waals surface area contributed by atoms with Crippen LogP contribution in [0.25, 0.3) is 17.4 Å². The number of nitrogens with two attached hydrogens (primary N) is 1. The summed E-state index contributed by atoms with van der Waals surface area (Å²) in [6.45, 7) is 3.95. The van der Waals surface area contributed by atoms with Gasteiger partial charge in [-0.2, -0.15) is 19.5 Å². The van der Waals surface area contributed by atoms with Gasteiger partial charge < -0.3 is 19.8 Å². The highest BCUT2D eigenvalue weighted by Gasteiger charge is 2.34. The maximum atomic E-state index is 13.8. The Morgan fingerprint density at radius 3 is 2.82 bits per heavy atom. The van der Waals surface area contributed by atoms with Crippen molar-refractivity contribution in [3.63, 3.8) is 0 Å². The van der Waals surface area contributed by atoms with Crippen molar-refractivity contribution in [2.75, 3.05) is 43.4 Å². The number of aromatic nitrogens is 5. The van der Waals surface area contributed by atoms with Gasteiger partial charge in [-0.25, -0.2) is 4.39 Å². The minimum absolute atomic E-state index is 0.238. The Labute approximate surface area is 195 Å². The van der Waals surface area contributed by atoms with Crippen molar-refractivity contribution in [1.29, 1.82) is 0 Å². The maximum Gasteiger partial charge on any atom is 0.259 e. The van der Waals surface area contributed by atoms with Crippen molar-refractivity contribution in [3.8, 4) is 17.3 Å². The Kier molecular flexibility index (Phi) is 5.25. The average Bonchev–Trinajstić information content (AvgIpc) is 3.53. The van der Waals surface area contributed by atoms with Crippen molar-refractivity contribution in [3.05, 3.63) is 48.5 Å². The normalized spacial score (nSPS) is 21.0. The molecule has 3 aromatic heterocycles. The van der Waals surface area contributed by atoms with Crippen LogP contribution in [0.5, 0.6) is 5.75 Å². The number of para-hydroxylation sites is 1. The molecular weight excluding hydrogens is 439 g/mol. The third-order valence-electron chi connectivity index (χ3n) is 6.56. The minimum Gasteiger partial charge on any atom is -0.490 e. The summed E-state index contributed by atoms with van der Waals surface area (Å²) in [6, 6.07) is 10.5. The second-order valence-electron chi connectivity index (χ2n) is 8.79. The summed E-state index contributed by atoms with van der Waals surface area (Å²) in [7, 11) is 0. The molecule has 0 spiro atoms. The predicted molar refractivity (Wildman–Crippen MR) is 123 cm³/mol. The molecule has 0 unspecified atom stereocenters. The molecule has 5 heterocycles. The monoisotopic (exact) mass is 464 g/mol. The molecule has 176 valence electrons. The van der Waals surface area contributed by atoms with Gasteiger partial charge in [-0.15, -0.1) is 5.10 Å². The molecule has 6 rings (SSSR count). The lowest BCUT2D eigenvalue weighted by atomic mass is 9.91. The zero-order valence-corrected chi connectivity index (χ0v) is 18.5. The molecule has 0 amide bonds. The Balaban J connectivity index is 1.11. The topological polar surface area (TPSA) is 111 Å². The van der Waals surface area contributed by atoms with Gasteiger partial charge in [-0.1, -0.05) is 12.1 Å². The maximum absolute atomic E-state index is 13.8. The molecule has 0 aliphatic carbocycles. The largest absolute Gasteiger partial charge is 0.490 e. The van der Waals surface area contributed by atoms with Crippen LogP contribution < -0.4 is 15.4 Å². The first-order valence-corrected chi connectivity index (χ1v) is 11.4. The van der Waals surface area contributed by atoms with Crippen molar-refractivity contribution >= 4 is 17.7 Å². The number of rotatable bonds is 5. The summed E-state index contributed by atoms with van der Waals surface area (Å²) in [4.78, 5) is 18.2. The predicted octanol–water partition coefficient (Wildman–Crippen LogP) is 2.48. The Bertz CT molecular complexity index is 1290.